The summed E-state index contributed by atoms with van der Waals surface area (Å²) in [4.78, 5) is 23.9. The van der Waals surface area contributed by atoms with Crippen molar-refractivity contribution in [1.82, 2.24) is 4.57 Å². The minimum absolute atomic E-state index is 0.0987. The maximum atomic E-state index is 12.3. The van der Waals surface area contributed by atoms with Crippen molar-refractivity contribution in [3.63, 3.8) is 0 Å². The van der Waals surface area contributed by atoms with Gasteiger partial charge in [-0.15, -0.1) is 0 Å². The van der Waals surface area contributed by atoms with Crippen molar-refractivity contribution in [2.45, 2.75) is 20.4 Å². The van der Waals surface area contributed by atoms with E-state index in [9.17, 15) is 9.59 Å². The molecule has 3 N–H and O–H groups in total. The molecule has 5 nitrogen and oxygen atoms in total. The van der Waals surface area contributed by atoms with Crippen LogP contribution in [0.25, 0.3) is 0 Å². The molecule has 21 heavy (non-hydrogen) atoms. The van der Waals surface area contributed by atoms with Gasteiger partial charge in [-0.2, -0.15) is 0 Å². The summed E-state index contributed by atoms with van der Waals surface area (Å²) in [5.41, 5.74) is 8.10. The quantitative estimate of drug-likeness (QED) is 0.836. The van der Waals surface area contributed by atoms with Gasteiger partial charge in [0.25, 0.3) is 11.5 Å². The second-order valence-corrected chi connectivity index (χ2v) is 5.58. The number of carbonyl (C=O) groups excluding carboxylic acids is 1. The summed E-state index contributed by atoms with van der Waals surface area (Å²) in [6.45, 7) is 4.21. The molecule has 1 heterocycles. The number of benzene rings is 1. The summed E-state index contributed by atoms with van der Waals surface area (Å²) in [6, 6.07) is 6.49. The summed E-state index contributed by atoms with van der Waals surface area (Å²) in [5, 5.41) is 2.78. The molecule has 0 aliphatic carbocycles. The number of rotatable bonds is 3. The minimum atomic E-state index is -0.262. The number of nitrogen functional groups attached to an aromatic ring is 1. The lowest BCUT2D eigenvalue weighted by atomic mass is 10.1. The van der Waals surface area contributed by atoms with Crippen LogP contribution in [0.3, 0.4) is 0 Å². The van der Waals surface area contributed by atoms with Crippen LogP contribution in [-0.4, -0.2) is 10.5 Å². The molecule has 2 rings (SSSR count). The smallest absolute Gasteiger partial charge is 0.256 e. The van der Waals surface area contributed by atoms with Gasteiger partial charge >= 0.3 is 0 Å². The lowest BCUT2D eigenvalue weighted by Crippen LogP contribution is -2.20. The van der Waals surface area contributed by atoms with Gasteiger partial charge in [-0.1, -0.05) is 15.9 Å². The predicted molar refractivity (Wildman–Crippen MR) is 87.6 cm³/mol. The highest BCUT2D eigenvalue weighted by Crippen LogP contribution is 2.23. The van der Waals surface area contributed by atoms with E-state index in [4.69, 9.17) is 5.73 Å². The number of aryl methyl sites for hydroxylation is 1. The van der Waals surface area contributed by atoms with Crippen LogP contribution >= 0.6 is 15.9 Å². The Labute approximate surface area is 130 Å². The average molecular weight is 350 g/mol. The molecule has 0 bridgehead atoms. The Kier molecular flexibility index (Phi) is 4.47. The first kappa shape index (κ1) is 15.3. The third-order valence-electron chi connectivity index (χ3n) is 3.24. The van der Waals surface area contributed by atoms with Gasteiger partial charge in [0.05, 0.1) is 5.69 Å². The Morgan fingerprint density at radius 2 is 2.10 bits per heavy atom. The van der Waals surface area contributed by atoms with Crippen LogP contribution < -0.4 is 16.6 Å². The Morgan fingerprint density at radius 3 is 2.76 bits per heavy atom. The third kappa shape index (κ3) is 3.33. The minimum Gasteiger partial charge on any atom is -0.398 e. The molecule has 1 aromatic carbocycles. The molecule has 2 aromatic rings. The van der Waals surface area contributed by atoms with Gasteiger partial charge < -0.3 is 15.6 Å². The van der Waals surface area contributed by atoms with Crippen LogP contribution in [0.4, 0.5) is 11.4 Å². The van der Waals surface area contributed by atoms with E-state index in [0.29, 0.717) is 23.5 Å². The summed E-state index contributed by atoms with van der Waals surface area (Å²) in [7, 11) is 0. The maximum absolute atomic E-state index is 12.3. The van der Waals surface area contributed by atoms with Crippen molar-refractivity contribution in [3.8, 4) is 0 Å². The number of halogens is 1. The summed E-state index contributed by atoms with van der Waals surface area (Å²) in [6.07, 6.45) is 1.62. The number of nitrogens with one attached hydrogen (secondary N) is 1. The molecule has 1 amide bonds. The average Bonchev–Trinajstić information content (AvgIpc) is 2.44. The highest BCUT2D eigenvalue weighted by molar-refractivity contribution is 9.10. The second-order valence-electron chi connectivity index (χ2n) is 4.66. The standard InChI is InChI=1S/C15H16BrN3O2/c1-3-19-8-11(4-5-14(19)20)18-15(21)12-6-10(16)7-13(17)9(12)2/h4-8H,3,17H2,1-2H3,(H,18,21). The number of anilines is 2. The molecule has 110 valence electrons. The SMILES string of the molecule is CCn1cc(NC(=O)c2cc(Br)cc(N)c2C)ccc1=O. The topological polar surface area (TPSA) is 77.1 Å². The van der Waals surface area contributed by atoms with E-state index in [1.54, 1.807) is 31.3 Å². The van der Waals surface area contributed by atoms with E-state index < -0.39 is 0 Å². The van der Waals surface area contributed by atoms with E-state index in [1.165, 1.54) is 10.6 Å². The first-order chi connectivity index (χ1) is 9.92. The van der Waals surface area contributed by atoms with Gasteiger partial charge in [-0.25, -0.2) is 0 Å². The van der Waals surface area contributed by atoms with E-state index >= 15 is 0 Å². The monoisotopic (exact) mass is 349 g/mol. The molecule has 0 saturated carbocycles. The van der Waals surface area contributed by atoms with Crippen molar-refractivity contribution in [3.05, 3.63) is 56.4 Å². The van der Waals surface area contributed by atoms with E-state index in [2.05, 4.69) is 21.2 Å². The molecule has 6 heteroatoms. The Bertz CT molecular complexity index is 753. The highest BCUT2D eigenvalue weighted by atomic mass is 79.9. The molecular weight excluding hydrogens is 334 g/mol. The fourth-order valence-corrected chi connectivity index (χ4v) is 2.46. The molecular formula is C15H16BrN3O2. The Morgan fingerprint density at radius 1 is 1.38 bits per heavy atom. The van der Waals surface area contributed by atoms with Crippen molar-refractivity contribution in [2.24, 2.45) is 0 Å². The Hall–Kier alpha value is -2.08. The number of hydrogen-bond donors (Lipinski definition) is 2. The zero-order chi connectivity index (χ0) is 15.6. The molecule has 0 fully saturated rings. The normalized spacial score (nSPS) is 10.4. The van der Waals surface area contributed by atoms with E-state index in [0.717, 1.165) is 10.0 Å². The molecule has 0 saturated heterocycles. The summed E-state index contributed by atoms with van der Waals surface area (Å²) in [5.74, 6) is -0.262. The van der Waals surface area contributed by atoms with Crippen LogP contribution in [0.15, 0.2) is 39.7 Å². The summed E-state index contributed by atoms with van der Waals surface area (Å²) >= 11 is 3.33. The molecule has 1 aromatic heterocycles. The van der Waals surface area contributed by atoms with Crippen LogP contribution in [0.2, 0.25) is 0 Å². The number of pyridine rings is 1. The fourth-order valence-electron chi connectivity index (χ4n) is 1.99. The number of hydrogen-bond acceptors (Lipinski definition) is 3. The molecule has 0 radical (unpaired) electrons. The van der Waals surface area contributed by atoms with Gasteiger partial charge in [0.15, 0.2) is 0 Å². The predicted octanol–water partition coefficient (Wildman–Crippen LogP) is 2.77. The fraction of sp³-hybridized carbons (Fsp3) is 0.200. The van der Waals surface area contributed by atoms with Gasteiger partial charge in [-0.3, -0.25) is 9.59 Å². The van der Waals surface area contributed by atoms with Crippen LogP contribution in [-0.2, 0) is 6.54 Å². The number of amides is 1. The molecule has 0 aliphatic rings. The molecule has 0 aliphatic heterocycles. The van der Waals surface area contributed by atoms with E-state index in [-0.39, 0.29) is 11.5 Å². The number of nitrogens with two attached hydrogens (primary N) is 1. The largest absolute Gasteiger partial charge is 0.398 e. The first-order valence-corrected chi connectivity index (χ1v) is 7.29. The lowest BCUT2D eigenvalue weighted by molar-refractivity contribution is 0.102. The first-order valence-electron chi connectivity index (χ1n) is 6.50. The zero-order valence-corrected chi connectivity index (χ0v) is 13.4. The van der Waals surface area contributed by atoms with Gasteiger partial charge in [0, 0.05) is 34.5 Å². The van der Waals surface area contributed by atoms with Crippen LogP contribution in [0, 0.1) is 6.92 Å². The van der Waals surface area contributed by atoms with Gasteiger partial charge in [0.2, 0.25) is 0 Å². The molecule has 0 atom stereocenters. The zero-order valence-electron chi connectivity index (χ0n) is 11.8. The number of carbonyl (C=O) groups is 1. The summed E-state index contributed by atoms with van der Waals surface area (Å²) < 4.78 is 2.27. The van der Waals surface area contributed by atoms with Crippen molar-refractivity contribution < 1.29 is 4.79 Å². The van der Waals surface area contributed by atoms with E-state index in [1.807, 2.05) is 6.92 Å². The Balaban J connectivity index is 2.32. The van der Waals surface area contributed by atoms with Gasteiger partial charge in [-0.05, 0) is 37.6 Å². The number of aromatic nitrogens is 1. The maximum Gasteiger partial charge on any atom is 0.256 e. The number of nitrogens with zero attached hydrogens (tertiary/aromatic N) is 1. The van der Waals surface area contributed by atoms with Crippen molar-refractivity contribution in [2.75, 3.05) is 11.1 Å². The van der Waals surface area contributed by atoms with Crippen LogP contribution in [0.5, 0.6) is 0 Å². The third-order valence-corrected chi connectivity index (χ3v) is 3.70. The second kappa shape index (κ2) is 6.13. The van der Waals surface area contributed by atoms with Crippen molar-refractivity contribution in [1.29, 1.82) is 0 Å². The molecule has 0 spiro atoms. The van der Waals surface area contributed by atoms with Crippen molar-refractivity contribution >= 4 is 33.2 Å². The highest BCUT2D eigenvalue weighted by Gasteiger charge is 2.13. The lowest BCUT2D eigenvalue weighted by Gasteiger charge is -2.11. The van der Waals surface area contributed by atoms with Crippen LogP contribution in [0.1, 0.15) is 22.8 Å². The van der Waals surface area contributed by atoms with Gasteiger partial charge in [0.1, 0.15) is 0 Å². The molecule has 0 unspecified atom stereocenters.